The highest BCUT2D eigenvalue weighted by Crippen LogP contribution is 2.60. The third-order valence-electron chi connectivity index (χ3n) is 2.89. The van der Waals surface area contributed by atoms with Crippen LogP contribution >= 0.6 is 23.2 Å². The van der Waals surface area contributed by atoms with Crippen molar-refractivity contribution in [3.05, 3.63) is 0 Å². The maximum atomic E-state index is 12.6. The summed E-state index contributed by atoms with van der Waals surface area (Å²) in [6.07, 6.45) is -5.92. The van der Waals surface area contributed by atoms with Crippen molar-refractivity contribution >= 4 is 29.7 Å². The molecule has 1 aliphatic carbocycles. The predicted molar refractivity (Wildman–Crippen MR) is 53.3 cm³/mol. The summed E-state index contributed by atoms with van der Waals surface area (Å²) in [5.74, 6) is -0.477. The molecule has 0 bridgehead atoms. The van der Waals surface area contributed by atoms with Gasteiger partial charge in [-0.15, -0.1) is 0 Å². The molecular weight excluding hydrogens is 268 g/mol. The number of hydrogen-bond acceptors (Lipinski definition) is 2. The van der Waals surface area contributed by atoms with Crippen LogP contribution in [0.25, 0.3) is 0 Å². The van der Waals surface area contributed by atoms with Crippen LogP contribution in [0.15, 0.2) is 0 Å². The quantitative estimate of drug-likeness (QED) is 0.583. The molecule has 2 atom stereocenters. The molecule has 1 aliphatic rings. The smallest absolute Gasteiger partial charge is 0.425 e. The van der Waals surface area contributed by atoms with Crippen LogP contribution in [0.1, 0.15) is 20.3 Å². The van der Waals surface area contributed by atoms with Gasteiger partial charge in [0.05, 0.1) is 0 Å². The summed E-state index contributed by atoms with van der Waals surface area (Å²) in [4.78, 5) is 10.2. The lowest BCUT2D eigenvalue weighted by molar-refractivity contribution is -0.174. The van der Waals surface area contributed by atoms with E-state index in [9.17, 15) is 18.0 Å². The number of ether oxygens (including phenoxy) is 1. The zero-order valence-corrected chi connectivity index (χ0v) is 10.2. The zero-order chi connectivity index (χ0) is 12.8. The average molecular weight is 279 g/mol. The van der Waals surface area contributed by atoms with E-state index in [1.807, 2.05) is 0 Å². The number of carbonyl (C=O) groups excluding carboxylic acids is 1. The van der Waals surface area contributed by atoms with E-state index in [1.165, 1.54) is 0 Å². The topological polar surface area (TPSA) is 26.3 Å². The standard InChI is InChI=1S/C9H11Cl2F3O2/c1-7(2)3-5(7)6(16-4-15)8(10,11)9(12,13)14/h4-6H,3H2,1-2H3/t5-,6?/m1/s1. The van der Waals surface area contributed by atoms with Crippen molar-refractivity contribution in [2.75, 3.05) is 0 Å². The molecule has 94 valence electrons. The Hall–Kier alpha value is -0.160. The van der Waals surface area contributed by atoms with Gasteiger partial charge in [0.25, 0.3) is 6.47 Å². The molecule has 1 saturated carbocycles. The zero-order valence-electron chi connectivity index (χ0n) is 8.65. The van der Waals surface area contributed by atoms with Gasteiger partial charge in [-0.1, -0.05) is 37.0 Å². The lowest BCUT2D eigenvalue weighted by Crippen LogP contribution is -2.48. The Bertz CT molecular complexity index is 289. The van der Waals surface area contributed by atoms with Gasteiger partial charge >= 0.3 is 6.18 Å². The molecule has 0 amide bonds. The number of halogens is 5. The monoisotopic (exact) mass is 278 g/mol. The van der Waals surface area contributed by atoms with Crippen molar-refractivity contribution in [3.63, 3.8) is 0 Å². The highest BCUT2D eigenvalue weighted by Gasteiger charge is 2.66. The van der Waals surface area contributed by atoms with E-state index in [4.69, 9.17) is 23.2 Å². The van der Waals surface area contributed by atoms with Crippen molar-refractivity contribution in [2.45, 2.75) is 36.9 Å². The van der Waals surface area contributed by atoms with Crippen LogP contribution in [-0.4, -0.2) is 23.1 Å². The summed E-state index contributed by atoms with van der Waals surface area (Å²) in [7, 11) is 0. The molecular formula is C9H11Cl2F3O2. The number of carbonyl (C=O) groups is 1. The van der Waals surface area contributed by atoms with E-state index in [-0.39, 0.29) is 11.9 Å². The third-order valence-corrected chi connectivity index (χ3v) is 3.75. The van der Waals surface area contributed by atoms with E-state index in [2.05, 4.69) is 4.74 Å². The first kappa shape index (κ1) is 13.9. The second-order valence-electron chi connectivity index (χ2n) is 4.57. The first-order valence-corrected chi connectivity index (χ1v) is 5.33. The largest absolute Gasteiger partial charge is 0.461 e. The van der Waals surface area contributed by atoms with Gasteiger partial charge in [0.15, 0.2) is 0 Å². The van der Waals surface area contributed by atoms with E-state index >= 15 is 0 Å². The van der Waals surface area contributed by atoms with Gasteiger partial charge in [-0.2, -0.15) is 13.2 Å². The first-order valence-electron chi connectivity index (χ1n) is 4.57. The minimum Gasteiger partial charge on any atom is -0.461 e. The fourth-order valence-corrected chi connectivity index (χ4v) is 2.09. The lowest BCUT2D eigenvalue weighted by Gasteiger charge is -2.31. The van der Waals surface area contributed by atoms with Gasteiger partial charge in [-0.05, 0) is 11.8 Å². The van der Waals surface area contributed by atoms with E-state index in [0.29, 0.717) is 6.42 Å². The molecule has 0 aliphatic heterocycles. The van der Waals surface area contributed by atoms with E-state index in [0.717, 1.165) is 0 Å². The van der Waals surface area contributed by atoms with Crippen LogP contribution in [0.5, 0.6) is 0 Å². The molecule has 1 rings (SSSR count). The molecule has 0 aromatic rings. The Labute approximate surface area is 101 Å². The molecule has 0 aromatic heterocycles. The molecule has 1 unspecified atom stereocenters. The van der Waals surface area contributed by atoms with E-state index in [1.54, 1.807) is 13.8 Å². The average Bonchev–Trinajstić information content (AvgIpc) is 2.68. The Balaban J connectivity index is 2.91. The summed E-state index contributed by atoms with van der Waals surface area (Å²) in [5, 5.41) is 0. The van der Waals surface area contributed by atoms with Crippen molar-refractivity contribution in [3.8, 4) is 0 Å². The molecule has 0 N–H and O–H groups in total. The van der Waals surface area contributed by atoms with Crippen LogP contribution < -0.4 is 0 Å². The predicted octanol–water partition coefficient (Wildman–Crippen LogP) is 3.31. The number of rotatable bonds is 4. The summed E-state index contributed by atoms with van der Waals surface area (Å²) < 4.78 is 39.1. The second-order valence-corrected chi connectivity index (χ2v) is 5.96. The summed E-state index contributed by atoms with van der Waals surface area (Å²) >= 11 is 10.6. The van der Waals surface area contributed by atoms with Crippen molar-refractivity contribution < 1.29 is 22.7 Å². The van der Waals surface area contributed by atoms with Gasteiger partial charge in [0.1, 0.15) is 6.10 Å². The fourth-order valence-electron chi connectivity index (χ4n) is 1.68. The first-order chi connectivity index (χ1) is 7.04. The Morgan fingerprint density at radius 3 is 2.12 bits per heavy atom. The molecule has 0 heterocycles. The van der Waals surface area contributed by atoms with Gasteiger partial charge < -0.3 is 4.74 Å². The normalized spacial score (nSPS) is 26.1. The van der Waals surface area contributed by atoms with Crippen molar-refractivity contribution in [1.29, 1.82) is 0 Å². The number of alkyl halides is 5. The van der Waals surface area contributed by atoms with Crippen LogP contribution in [0.4, 0.5) is 13.2 Å². The molecule has 0 aromatic carbocycles. The minimum atomic E-state index is -4.84. The highest BCUT2D eigenvalue weighted by molar-refractivity contribution is 6.49. The molecule has 2 nitrogen and oxygen atoms in total. The molecule has 0 spiro atoms. The van der Waals surface area contributed by atoms with E-state index < -0.39 is 22.5 Å². The van der Waals surface area contributed by atoms with Crippen molar-refractivity contribution in [2.24, 2.45) is 11.3 Å². The second kappa shape index (κ2) is 3.95. The highest BCUT2D eigenvalue weighted by atomic mass is 35.5. The van der Waals surface area contributed by atoms with Gasteiger partial charge in [0, 0.05) is 5.92 Å². The maximum absolute atomic E-state index is 12.6. The van der Waals surface area contributed by atoms with Crippen molar-refractivity contribution in [1.82, 2.24) is 0 Å². The SMILES string of the molecule is CC1(C)C[C@@H]1C(OC=O)C(Cl)(Cl)C(F)(F)F. The molecule has 16 heavy (non-hydrogen) atoms. The van der Waals surface area contributed by atoms with Gasteiger partial charge in [0.2, 0.25) is 4.33 Å². The van der Waals surface area contributed by atoms with Crippen LogP contribution in [0, 0.1) is 11.3 Å². The minimum absolute atomic E-state index is 0.0513. The Morgan fingerprint density at radius 2 is 1.88 bits per heavy atom. The molecule has 0 saturated heterocycles. The molecule has 0 radical (unpaired) electrons. The van der Waals surface area contributed by atoms with Crippen LogP contribution in [0.2, 0.25) is 0 Å². The van der Waals surface area contributed by atoms with Crippen LogP contribution in [-0.2, 0) is 9.53 Å². The third kappa shape index (κ3) is 2.40. The molecule has 1 fully saturated rings. The summed E-state index contributed by atoms with van der Waals surface area (Å²) in [6, 6.07) is 0. The maximum Gasteiger partial charge on any atom is 0.425 e. The molecule has 7 heteroatoms. The van der Waals surface area contributed by atoms with Gasteiger partial charge in [-0.3, -0.25) is 4.79 Å². The van der Waals surface area contributed by atoms with Gasteiger partial charge in [-0.25, -0.2) is 0 Å². The summed E-state index contributed by atoms with van der Waals surface area (Å²) in [5.41, 5.74) is -0.339. The lowest BCUT2D eigenvalue weighted by atomic mass is 10.0. The van der Waals surface area contributed by atoms with Crippen LogP contribution in [0.3, 0.4) is 0 Å². The Kier molecular flexibility index (Phi) is 3.43. The summed E-state index contributed by atoms with van der Waals surface area (Å²) in [6.45, 7) is 3.47. The number of hydrogen-bond donors (Lipinski definition) is 0. The Morgan fingerprint density at radius 1 is 1.44 bits per heavy atom. The fraction of sp³-hybridized carbons (Fsp3) is 0.889.